The minimum Gasteiger partial charge on any atom is -0.379 e. The number of unbranched alkanes of at least 4 members (excludes halogenated alkanes) is 1. The fourth-order valence-electron chi connectivity index (χ4n) is 2.71. The van der Waals surface area contributed by atoms with E-state index in [4.69, 9.17) is 4.74 Å². The molecule has 1 atom stereocenters. The average Bonchev–Trinajstić information content (AvgIpc) is 2.46. The first kappa shape index (κ1) is 18.4. The summed E-state index contributed by atoms with van der Waals surface area (Å²) >= 11 is 0. The monoisotopic (exact) mass is 298 g/mol. The summed E-state index contributed by atoms with van der Waals surface area (Å²) in [5.74, 6) is 0.321. The lowest BCUT2D eigenvalue weighted by Gasteiger charge is -2.33. The maximum Gasteiger partial charge on any atom is 0.222 e. The molecule has 4 nitrogen and oxygen atoms in total. The Morgan fingerprint density at radius 2 is 1.90 bits per heavy atom. The quantitative estimate of drug-likeness (QED) is 0.665. The van der Waals surface area contributed by atoms with Gasteiger partial charge in [0.05, 0.1) is 6.10 Å². The van der Waals surface area contributed by atoms with Gasteiger partial charge in [0.15, 0.2) is 0 Å². The van der Waals surface area contributed by atoms with Crippen molar-refractivity contribution < 1.29 is 9.53 Å². The summed E-state index contributed by atoms with van der Waals surface area (Å²) in [5, 5.41) is 3.56. The SMILES string of the molecule is CCC(C)OCCCCC(=O)N1CCC(NC(C)C)CC1. The summed E-state index contributed by atoms with van der Waals surface area (Å²) in [7, 11) is 0. The fourth-order valence-corrected chi connectivity index (χ4v) is 2.71. The van der Waals surface area contributed by atoms with E-state index in [1.165, 1.54) is 0 Å². The van der Waals surface area contributed by atoms with Gasteiger partial charge in [-0.15, -0.1) is 0 Å². The summed E-state index contributed by atoms with van der Waals surface area (Å²) in [6.45, 7) is 11.2. The third-order valence-corrected chi connectivity index (χ3v) is 4.18. The van der Waals surface area contributed by atoms with Crippen LogP contribution >= 0.6 is 0 Å². The van der Waals surface area contributed by atoms with Crippen LogP contribution in [-0.2, 0) is 9.53 Å². The van der Waals surface area contributed by atoms with Gasteiger partial charge in [0, 0.05) is 38.2 Å². The van der Waals surface area contributed by atoms with Crippen molar-refractivity contribution in [2.45, 2.75) is 84.4 Å². The maximum atomic E-state index is 12.1. The topological polar surface area (TPSA) is 41.6 Å². The van der Waals surface area contributed by atoms with Crippen molar-refractivity contribution in [1.82, 2.24) is 10.2 Å². The van der Waals surface area contributed by atoms with E-state index < -0.39 is 0 Å². The molecule has 1 rings (SSSR count). The van der Waals surface area contributed by atoms with E-state index in [1.54, 1.807) is 0 Å². The van der Waals surface area contributed by atoms with Crippen LogP contribution in [0.4, 0.5) is 0 Å². The smallest absolute Gasteiger partial charge is 0.222 e. The van der Waals surface area contributed by atoms with Gasteiger partial charge in [0.2, 0.25) is 5.91 Å². The number of ether oxygens (including phenoxy) is 1. The second-order valence-electron chi connectivity index (χ2n) is 6.52. The van der Waals surface area contributed by atoms with Gasteiger partial charge in [0.1, 0.15) is 0 Å². The van der Waals surface area contributed by atoms with E-state index in [0.29, 0.717) is 30.5 Å². The number of piperidine rings is 1. The number of carbonyl (C=O) groups excluding carboxylic acids is 1. The van der Waals surface area contributed by atoms with Crippen LogP contribution in [0, 0.1) is 0 Å². The second kappa shape index (κ2) is 10.2. The van der Waals surface area contributed by atoms with E-state index in [0.717, 1.165) is 51.8 Å². The first-order valence-electron chi connectivity index (χ1n) is 8.68. The minimum atomic E-state index is 0.321. The molecule has 0 spiro atoms. The molecule has 1 fully saturated rings. The van der Waals surface area contributed by atoms with Crippen LogP contribution in [0.15, 0.2) is 0 Å². The second-order valence-corrected chi connectivity index (χ2v) is 6.52. The predicted octanol–water partition coefficient (Wildman–Crippen LogP) is 2.96. The highest BCUT2D eigenvalue weighted by Crippen LogP contribution is 2.13. The van der Waals surface area contributed by atoms with Crippen molar-refractivity contribution in [2.75, 3.05) is 19.7 Å². The molecule has 4 heteroatoms. The van der Waals surface area contributed by atoms with Crippen molar-refractivity contribution in [3.63, 3.8) is 0 Å². The molecule has 0 aliphatic carbocycles. The highest BCUT2D eigenvalue weighted by molar-refractivity contribution is 5.76. The molecule has 0 aromatic rings. The Kier molecular flexibility index (Phi) is 8.93. The van der Waals surface area contributed by atoms with Gasteiger partial charge in [0.25, 0.3) is 0 Å². The fraction of sp³-hybridized carbons (Fsp3) is 0.941. The Morgan fingerprint density at radius 1 is 1.24 bits per heavy atom. The molecular weight excluding hydrogens is 264 g/mol. The Bertz CT molecular complexity index is 287. The van der Waals surface area contributed by atoms with E-state index >= 15 is 0 Å². The number of hydrogen-bond donors (Lipinski definition) is 1. The molecule has 1 N–H and O–H groups in total. The van der Waals surface area contributed by atoms with E-state index in [1.807, 2.05) is 4.90 Å². The van der Waals surface area contributed by atoms with Crippen LogP contribution in [-0.4, -0.2) is 48.7 Å². The van der Waals surface area contributed by atoms with Crippen LogP contribution in [0.5, 0.6) is 0 Å². The average molecular weight is 298 g/mol. The van der Waals surface area contributed by atoms with Crippen molar-refractivity contribution in [2.24, 2.45) is 0 Å². The van der Waals surface area contributed by atoms with E-state index in [-0.39, 0.29) is 0 Å². The number of hydrogen-bond acceptors (Lipinski definition) is 3. The minimum absolute atomic E-state index is 0.321. The van der Waals surface area contributed by atoms with Gasteiger partial charge in [-0.25, -0.2) is 0 Å². The molecule has 1 saturated heterocycles. The first-order valence-corrected chi connectivity index (χ1v) is 8.68. The Morgan fingerprint density at radius 3 is 2.48 bits per heavy atom. The largest absolute Gasteiger partial charge is 0.379 e. The van der Waals surface area contributed by atoms with Crippen molar-refractivity contribution in [3.05, 3.63) is 0 Å². The molecule has 1 amide bonds. The molecule has 0 radical (unpaired) electrons. The summed E-state index contributed by atoms with van der Waals surface area (Å²) in [6, 6.07) is 1.11. The van der Waals surface area contributed by atoms with Gasteiger partial charge in [-0.05, 0) is 39.0 Å². The zero-order chi connectivity index (χ0) is 15.7. The molecule has 0 saturated carbocycles. The first-order chi connectivity index (χ1) is 10.0. The Balaban J connectivity index is 2.08. The number of likely N-dealkylation sites (tertiary alicyclic amines) is 1. The third kappa shape index (κ3) is 7.82. The van der Waals surface area contributed by atoms with Crippen molar-refractivity contribution in [1.29, 1.82) is 0 Å². The normalized spacial score (nSPS) is 18.2. The molecule has 1 aliphatic heterocycles. The number of rotatable bonds is 9. The molecule has 1 heterocycles. The van der Waals surface area contributed by atoms with Crippen LogP contribution in [0.3, 0.4) is 0 Å². The highest BCUT2D eigenvalue weighted by Gasteiger charge is 2.22. The lowest BCUT2D eigenvalue weighted by atomic mass is 10.0. The van der Waals surface area contributed by atoms with Crippen LogP contribution in [0.2, 0.25) is 0 Å². The zero-order valence-corrected chi connectivity index (χ0v) is 14.4. The number of nitrogens with one attached hydrogen (secondary N) is 1. The predicted molar refractivity (Wildman–Crippen MR) is 87.4 cm³/mol. The van der Waals surface area contributed by atoms with Gasteiger partial charge in [-0.1, -0.05) is 20.8 Å². The molecule has 0 aromatic heterocycles. The summed E-state index contributed by atoms with van der Waals surface area (Å²) in [6.07, 6.45) is 6.17. The molecule has 1 aliphatic rings. The van der Waals surface area contributed by atoms with Crippen molar-refractivity contribution in [3.8, 4) is 0 Å². The standard InChI is InChI=1S/C17H34N2O2/c1-5-15(4)21-13-7-6-8-17(20)19-11-9-16(10-12-19)18-14(2)3/h14-16,18H,5-13H2,1-4H3. The van der Waals surface area contributed by atoms with Crippen LogP contribution in [0.25, 0.3) is 0 Å². The zero-order valence-electron chi connectivity index (χ0n) is 14.4. The molecule has 124 valence electrons. The summed E-state index contributed by atoms with van der Waals surface area (Å²) in [4.78, 5) is 14.2. The van der Waals surface area contributed by atoms with Gasteiger partial charge < -0.3 is 15.0 Å². The maximum absolute atomic E-state index is 12.1. The van der Waals surface area contributed by atoms with E-state index in [9.17, 15) is 4.79 Å². The molecule has 0 bridgehead atoms. The van der Waals surface area contributed by atoms with Crippen LogP contribution in [0.1, 0.15) is 66.2 Å². The number of nitrogens with zero attached hydrogens (tertiary/aromatic N) is 1. The lowest BCUT2D eigenvalue weighted by Crippen LogP contribution is -2.46. The van der Waals surface area contributed by atoms with Crippen LogP contribution < -0.4 is 5.32 Å². The molecule has 1 unspecified atom stereocenters. The van der Waals surface area contributed by atoms with Crippen molar-refractivity contribution >= 4 is 5.91 Å². The Hall–Kier alpha value is -0.610. The summed E-state index contributed by atoms with van der Waals surface area (Å²) < 4.78 is 5.64. The lowest BCUT2D eigenvalue weighted by molar-refractivity contribution is -0.132. The summed E-state index contributed by atoms with van der Waals surface area (Å²) in [5.41, 5.74) is 0. The third-order valence-electron chi connectivity index (χ3n) is 4.18. The van der Waals surface area contributed by atoms with Gasteiger partial charge in [-0.3, -0.25) is 4.79 Å². The van der Waals surface area contributed by atoms with Gasteiger partial charge in [-0.2, -0.15) is 0 Å². The molecular formula is C17H34N2O2. The molecule has 0 aromatic carbocycles. The van der Waals surface area contributed by atoms with E-state index in [2.05, 4.69) is 33.0 Å². The number of amides is 1. The Labute approximate surface area is 130 Å². The highest BCUT2D eigenvalue weighted by atomic mass is 16.5. The number of carbonyl (C=O) groups is 1. The van der Waals surface area contributed by atoms with Gasteiger partial charge >= 0.3 is 0 Å². The molecule has 21 heavy (non-hydrogen) atoms.